The zero-order valence-corrected chi connectivity index (χ0v) is 21.5. The summed E-state index contributed by atoms with van der Waals surface area (Å²) in [5.74, 6) is 1.80. The number of ether oxygens (including phenoxy) is 2. The largest absolute Gasteiger partial charge is 0.504 e. The molecule has 7 atom stereocenters. The van der Waals surface area contributed by atoms with Gasteiger partial charge in [0.15, 0.2) is 11.5 Å². The van der Waals surface area contributed by atoms with Gasteiger partial charge in [-0.2, -0.15) is 0 Å². The number of methoxy groups -OCH3 is 1. The Kier molecular flexibility index (Phi) is 4.08. The van der Waals surface area contributed by atoms with Crippen LogP contribution in [0.1, 0.15) is 77.3 Å². The van der Waals surface area contributed by atoms with E-state index in [9.17, 15) is 10.2 Å². The maximum absolute atomic E-state index is 12.2. The number of benzene rings is 1. The molecule has 8 rings (SSSR count). The van der Waals surface area contributed by atoms with Gasteiger partial charge in [-0.05, 0) is 81.4 Å². The van der Waals surface area contributed by atoms with Crippen molar-refractivity contribution in [3.8, 4) is 11.5 Å². The van der Waals surface area contributed by atoms with Crippen LogP contribution in [0.4, 0.5) is 0 Å². The molecule has 5 nitrogen and oxygen atoms in total. The van der Waals surface area contributed by atoms with E-state index in [0.29, 0.717) is 11.8 Å². The number of fused-ring (bicyclic) bond motifs is 2. The number of aromatic hydroxyl groups is 1. The first-order valence-corrected chi connectivity index (χ1v) is 13.6. The van der Waals surface area contributed by atoms with Gasteiger partial charge in [-0.15, -0.1) is 0 Å². The van der Waals surface area contributed by atoms with Crippen molar-refractivity contribution in [2.24, 2.45) is 22.7 Å². The molecule has 7 aliphatic rings. The monoisotopic (exact) mass is 467 g/mol. The first kappa shape index (κ1) is 21.9. The van der Waals surface area contributed by atoms with Crippen molar-refractivity contribution in [1.82, 2.24) is 4.90 Å². The zero-order chi connectivity index (χ0) is 23.9. The average molecular weight is 468 g/mol. The molecular formula is C29H41NO4. The number of rotatable bonds is 4. The van der Waals surface area contributed by atoms with Crippen LogP contribution in [0.3, 0.4) is 0 Å². The van der Waals surface area contributed by atoms with Gasteiger partial charge in [0.2, 0.25) is 0 Å². The molecule has 5 fully saturated rings. The van der Waals surface area contributed by atoms with E-state index in [1.807, 2.05) is 20.1 Å². The van der Waals surface area contributed by atoms with Gasteiger partial charge in [-0.3, -0.25) is 4.90 Å². The Hall–Kier alpha value is -1.30. The summed E-state index contributed by atoms with van der Waals surface area (Å²) in [5, 5.41) is 23.2. The number of phenols is 1. The van der Waals surface area contributed by atoms with Gasteiger partial charge in [0.25, 0.3) is 0 Å². The number of phenolic OH excluding ortho intramolecular Hbond substituents is 1. The fourth-order valence-corrected chi connectivity index (χ4v) is 9.58. The Balaban J connectivity index is 1.47. The first-order valence-electron chi connectivity index (χ1n) is 13.6. The molecule has 1 aromatic rings. The van der Waals surface area contributed by atoms with Crippen molar-refractivity contribution in [1.29, 1.82) is 0 Å². The lowest BCUT2D eigenvalue weighted by atomic mass is 9.33. The van der Waals surface area contributed by atoms with Gasteiger partial charge >= 0.3 is 0 Å². The Bertz CT molecular complexity index is 1060. The molecule has 4 bridgehead atoms. The summed E-state index contributed by atoms with van der Waals surface area (Å²) in [6.07, 6.45) is 7.64. The lowest BCUT2D eigenvalue weighted by Gasteiger charge is -2.75. The second-order valence-electron chi connectivity index (χ2n) is 13.8. The SMILES string of the molecule is CO[C@@]12CCC3(CC1[C@](C)(O)C(C)(C)C)[C@H]1Cc4ccc(O)c5c4[C@@]3(CCN1CC1CC1)C2O5. The minimum absolute atomic E-state index is 0.0294. The highest BCUT2D eigenvalue weighted by molar-refractivity contribution is 5.63. The molecule has 2 aliphatic heterocycles. The van der Waals surface area contributed by atoms with Crippen LogP contribution in [0.5, 0.6) is 11.5 Å². The molecule has 186 valence electrons. The molecule has 3 unspecified atom stereocenters. The van der Waals surface area contributed by atoms with Gasteiger partial charge in [0.1, 0.15) is 11.7 Å². The maximum Gasteiger partial charge on any atom is 0.165 e. The molecule has 2 heterocycles. The summed E-state index contributed by atoms with van der Waals surface area (Å²) in [7, 11) is 1.83. The van der Waals surface area contributed by atoms with Crippen molar-refractivity contribution < 1.29 is 19.7 Å². The number of piperidine rings is 1. The molecule has 2 N–H and O–H groups in total. The highest BCUT2D eigenvalue weighted by atomic mass is 16.6. The van der Waals surface area contributed by atoms with E-state index < -0.39 is 11.2 Å². The van der Waals surface area contributed by atoms with E-state index in [1.165, 1.54) is 30.5 Å². The topological polar surface area (TPSA) is 62.2 Å². The quantitative estimate of drug-likeness (QED) is 0.687. The highest BCUT2D eigenvalue weighted by Crippen LogP contribution is 2.78. The van der Waals surface area contributed by atoms with Crippen molar-refractivity contribution in [2.75, 3.05) is 20.2 Å². The fourth-order valence-electron chi connectivity index (χ4n) is 9.58. The molecule has 0 radical (unpaired) electrons. The number of hydrogen-bond acceptors (Lipinski definition) is 5. The van der Waals surface area contributed by atoms with E-state index in [2.05, 4.69) is 31.7 Å². The lowest BCUT2D eigenvalue weighted by Crippen LogP contribution is -2.83. The highest BCUT2D eigenvalue weighted by Gasteiger charge is 2.82. The second-order valence-corrected chi connectivity index (χ2v) is 13.8. The van der Waals surface area contributed by atoms with Gasteiger partial charge in [0, 0.05) is 42.0 Å². The van der Waals surface area contributed by atoms with Crippen LogP contribution < -0.4 is 4.74 Å². The Morgan fingerprint density at radius 2 is 1.91 bits per heavy atom. The molecule has 4 saturated carbocycles. The lowest BCUT2D eigenvalue weighted by molar-refractivity contribution is -0.312. The number of likely N-dealkylation sites (tertiary alicyclic amines) is 1. The van der Waals surface area contributed by atoms with Crippen molar-refractivity contribution in [3.05, 3.63) is 23.3 Å². The van der Waals surface area contributed by atoms with E-state index >= 15 is 0 Å². The molecule has 2 spiro atoms. The van der Waals surface area contributed by atoms with Gasteiger partial charge in [0.05, 0.1) is 5.60 Å². The maximum atomic E-state index is 12.2. The third-order valence-electron chi connectivity index (χ3n) is 11.9. The molecule has 5 heteroatoms. The van der Waals surface area contributed by atoms with Gasteiger partial charge in [-0.1, -0.05) is 26.8 Å². The Morgan fingerprint density at radius 1 is 1.15 bits per heavy atom. The molecular weight excluding hydrogens is 426 g/mol. The molecule has 34 heavy (non-hydrogen) atoms. The molecule has 5 aliphatic carbocycles. The van der Waals surface area contributed by atoms with Crippen LogP contribution in [0.15, 0.2) is 12.1 Å². The minimum Gasteiger partial charge on any atom is -0.504 e. The van der Waals surface area contributed by atoms with Crippen LogP contribution in [0.25, 0.3) is 0 Å². The smallest absolute Gasteiger partial charge is 0.165 e. The van der Waals surface area contributed by atoms with Crippen molar-refractivity contribution >= 4 is 0 Å². The van der Waals surface area contributed by atoms with Crippen LogP contribution in [-0.4, -0.2) is 58.7 Å². The van der Waals surface area contributed by atoms with E-state index in [4.69, 9.17) is 9.47 Å². The Labute approximate surface area is 203 Å². The van der Waals surface area contributed by atoms with Crippen LogP contribution in [0, 0.1) is 22.7 Å². The predicted octanol–water partition coefficient (Wildman–Crippen LogP) is 4.41. The molecule has 1 saturated heterocycles. The summed E-state index contributed by atoms with van der Waals surface area (Å²) in [4.78, 5) is 2.82. The predicted molar refractivity (Wildman–Crippen MR) is 130 cm³/mol. The minimum atomic E-state index is -0.909. The number of hydrogen-bond donors (Lipinski definition) is 2. The van der Waals surface area contributed by atoms with Crippen LogP contribution >= 0.6 is 0 Å². The Morgan fingerprint density at radius 3 is 2.59 bits per heavy atom. The third kappa shape index (κ3) is 2.25. The van der Waals surface area contributed by atoms with Gasteiger partial charge in [-0.25, -0.2) is 0 Å². The number of aliphatic hydroxyl groups is 1. The number of nitrogens with zero attached hydrogens (tertiary/aromatic N) is 1. The van der Waals surface area contributed by atoms with E-state index in [0.717, 1.165) is 44.6 Å². The standard InChI is InChI=1S/C29H41NO4/c1-25(2,3)26(4,32)20-15-27-10-11-29(20,33-5)24-28(27)12-13-30(16-17-6-7-17)21(27)14-18-8-9-19(31)23(34-24)22(18)28/h8-9,17,20-21,24,31-32H,6-7,10-16H2,1-5H3/t20?,21-,24?,26+,27?,28+,29+/m1/s1. The van der Waals surface area contributed by atoms with Gasteiger partial charge < -0.3 is 19.7 Å². The normalized spacial score (nSPS) is 43.9. The summed E-state index contributed by atoms with van der Waals surface area (Å²) in [6.45, 7) is 10.8. The molecule has 1 aromatic carbocycles. The summed E-state index contributed by atoms with van der Waals surface area (Å²) >= 11 is 0. The summed E-state index contributed by atoms with van der Waals surface area (Å²) in [5.41, 5.74) is 0.783. The second kappa shape index (κ2) is 6.33. The molecule has 0 aromatic heterocycles. The molecule has 0 amide bonds. The summed E-state index contributed by atoms with van der Waals surface area (Å²) < 4.78 is 13.5. The van der Waals surface area contributed by atoms with E-state index in [1.54, 1.807) is 0 Å². The third-order valence-corrected chi connectivity index (χ3v) is 11.9. The zero-order valence-electron chi connectivity index (χ0n) is 21.5. The van der Waals surface area contributed by atoms with E-state index in [-0.39, 0.29) is 34.0 Å². The average Bonchev–Trinajstić information content (AvgIpc) is 3.53. The van der Waals surface area contributed by atoms with Crippen LogP contribution in [-0.2, 0) is 16.6 Å². The van der Waals surface area contributed by atoms with Crippen molar-refractivity contribution in [3.63, 3.8) is 0 Å². The van der Waals surface area contributed by atoms with Crippen LogP contribution in [0.2, 0.25) is 0 Å². The van der Waals surface area contributed by atoms with Crippen molar-refractivity contribution in [2.45, 2.75) is 101 Å². The first-order chi connectivity index (χ1) is 16.0. The summed E-state index contributed by atoms with van der Waals surface area (Å²) in [6, 6.07) is 4.46. The fraction of sp³-hybridized carbons (Fsp3) is 0.793.